The molecule has 3 aromatic rings. The summed E-state index contributed by atoms with van der Waals surface area (Å²) in [5.41, 5.74) is 1.10. The lowest BCUT2D eigenvalue weighted by molar-refractivity contribution is -0.0493. The van der Waals surface area contributed by atoms with Gasteiger partial charge in [0.1, 0.15) is 11.6 Å². The monoisotopic (exact) mass is 484 g/mol. The number of benzene rings is 2. The van der Waals surface area contributed by atoms with Gasteiger partial charge in [0.05, 0.1) is 11.2 Å². The highest BCUT2D eigenvalue weighted by Gasteiger charge is 2.23. The zero-order chi connectivity index (χ0) is 24.8. The summed E-state index contributed by atoms with van der Waals surface area (Å²) in [6.45, 7) is -2.45. The largest absolute Gasteiger partial charge is 0.433 e. The molecule has 0 aliphatic heterocycles. The lowest BCUT2D eigenvalue weighted by atomic mass is 9.86. The molecular formula is C25H30F2N6O2. The van der Waals surface area contributed by atoms with Gasteiger partial charge >= 0.3 is 12.6 Å². The van der Waals surface area contributed by atoms with Crippen LogP contribution in [0.5, 0.6) is 5.75 Å². The van der Waals surface area contributed by atoms with Gasteiger partial charge in [-0.3, -0.25) is 0 Å². The number of nitrogens with one attached hydrogen (secondary N) is 3. The van der Waals surface area contributed by atoms with Crippen molar-refractivity contribution in [1.29, 1.82) is 0 Å². The van der Waals surface area contributed by atoms with Crippen LogP contribution in [0.15, 0.2) is 48.5 Å². The smallest absolute Gasteiger partial charge is 0.387 e. The molecule has 3 N–H and O–H groups in total. The Bertz CT molecular complexity index is 1150. The van der Waals surface area contributed by atoms with Crippen molar-refractivity contribution in [3.8, 4) is 5.75 Å². The number of carbonyl (C=O) groups is 1. The third kappa shape index (κ3) is 6.46. The fourth-order valence-electron chi connectivity index (χ4n) is 4.33. The maximum atomic E-state index is 12.6. The SMILES string of the molecule is CN(C)c1nc(NC2CCC(CNC(=O)Nc3ccccc3OC(F)F)CC2)nc2ccccc12. The first-order chi connectivity index (χ1) is 16.9. The Morgan fingerprint density at radius 3 is 2.51 bits per heavy atom. The van der Waals surface area contributed by atoms with Crippen LogP contribution in [-0.4, -0.2) is 49.3 Å². The summed E-state index contributed by atoms with van der Waals surface area (Å²) in [6.07, 6.45) is 3.76. The minimum atomic E-state index is -2.96. The Labute approximate surface area is 203 Å². The van der Waals surface area contributed by atoms with Crippen LogP contribution in [0.25, 0.3) is 10.9 Å². The van der Waals surface area contributed by atoms with Gasteiger partial charge in [0.25, 0.3) is 0 Å². The molecule has 2 aromatic carbocycles. The predicted molar refractivity (Wildman–Crippen MR) is 133 cm³/mol. The number of hydrogen-bond acceptors (Lipinski definition) is 6. The molecule has 0 saturated heterocycles. The van der Waals surface area contributed by atoms with Crippen molar-refractivity contribution in [1.82, 2.24) is 15.3 Å². The molecule has 4 rings (SSSR count). The summed E-state index contributed by atoms with van der Waals surface area (Å²) in [5.74, 6) is 1.76. The van der Waals surface area contributed by atoms with Crippen LogP contribution in [0.1, 0.15) is 25.7 Å². The average Bonchev–Trinajstić information content (AvgIpc) is 2.84. The van der Waals surface area contributed by atoms with Gasteiger partial charge in [0.15, 0.2) is 0 Å². The molecule has 2 amide bonds. The first-order valence-electron chi connectivity index (χ1n) is 11.7. The first-order valence-corrected chi connectivity index (χ1v) is 11.7. The number of amides is 2. The summed E-state index contributed by atoms with van der Waals surface area (Å²) in [5, 5.41) is 9.92. The van der Waals surface area contributed by atoms with Crippen LogP contribution < -0.4 is 25.6 Å². The van der Waals surface area contributed by atoms with E-state index in [9.17, 15) is 13.6 Å². The van der Waals surface area contributed by atoms with E-state index in [1.54, 1.807) is 12.1 Å². The van der Waals surface area contributed by atoms with E-state index >= 15 is 0 Å². The molecule has 0 unspecified atom stereocenters. The lowest BCUT2D eigenvalue weighted by Gasteiger charge is -2.29. The van der Waals surface area contributed by atoms with Crippen LogP contribution in [-0.2, 0) is 0 Å². The third-order valence-electron chi connectivity index (χ3n) is 6.09. The Morgan fingerprint density at radius 1 is 1.06 bits per heavy atom. The second-order valence-corrected chi connectivity index (χ2v) is 8.85. The Morgan fingerprint density at radius 2 is 1.77 bits per heavy atom. The number of ether oxygens (including phenoxy) is 1. The number of nitrogens with zero attached hydrogens (tertiary/aromatic N) is 3. The molecule has 1 aliphatic rings. The second kappa shape index (κ2) is 11.2. The normalized spacial score (nSPS) is 17.7. The summed E-state index contributed by atoms with van der Waals surface area (Å²) in [6, 6.07) is 13.9. The van der Waals surface area contributed by atoms with Gasteiger partial charge in [-0.05, 0) is 55.9 Å². The lowest BCUT2D eigenvalue weighted by Crippen LogP contribution is -2.36. The number of para-hydroxylation sites is 3. The third-order valence-corrected chi connectivity index (χ3v) is 6.09. The van der Waals surface area contributed by atoms with E-state index in [0.717, 1.165) is 42.4 Å². The van der Waals surface area contributed by atoms with Crippen molar-refractivity contribution in [2.75, 3.05) is 36.2 Å². The topological polar surface area (TPSA) is 91.4 Å². The van der Waals surface area contributed by atoms with Crippen LogP contribution in [0, 0.1) is 5.92 Å². The van der Waals surface area contributed by atoms with Gasteiger partial charge in [0.2, 0.25) is 5.95 Å². The van der Waals surface area contributed by atoms with Crippen LogP contribution in [0.4, 0.5) is 31.0 Å². The molecule has 0 atom stereocenters. The minimum Gasteiger partial charge on any atom is -0.433 e. The second-order valence-electron chi connectivity index (χ2n) is 8.85. The molecule has 0 spiro atoms. The number of anilines is 3. The van der Waals surface area contributed by atoms with E-state index in [1.165, 1.54) is 12.1 Å². The van der Waals surface area contributed by atoms with E-state index in [-0.39, 0.29) is 17.5 Å². The number of fused-ring (bicyclic) bond motifs is 1. The number of halogens is 2. The molecule has 0 bridgehead atoms. The first kappa shape index (κ1) is 24.4. The number of aromatic nitrogens is 2. The van der Waals surface area contributed by atoms with Gasteiger partial charge in [-0.2, -0.15) is 13.8 Å². The Kier molecular flexibility index (Phi) is 7.79. The molecule has 186 valence electrons. The molecule has 1 aromatic heterocycles. The summed E-state index contributed by atoms with van der Waals surface area (Å²) >= 11 is 0. The Balaban J connectivity index is 1.27. The van der Waals surface area contributed by atoms with Crippen LogP contribution >= 0.6 is 0 Å². The molecule has 1 aliphatic carbocycles. The van der Waals surface area contributed by atoms with Crippen molar-refractivity contribution in [3.05, 3.63) is 48.5 Å². The highest BCUT2D eigenvalue weighted by atomic mass is 19.3. The highest BCUT2D eigenvalue weighted by molar-refractivity contribution is 5.91. The molecule has 35 heavy (non-hydrogen) atoms. The zero-order valence-corrected chi connectivity index (χ0v) is 19.8. The van der Waals surface area contributed by atoms with Gasteiger partial charge < -0.3 is 25.6 Å². The van der Waals surface area contributed by atoms with Crippen molar-refractivity contribution in [2.24, 2.45) is 5.92 Å². The number of rotatable bonds is 8. The maximum absolute atomic E-state index is 12.6. The van der Waals surface area contributed by atoms with E-state index in [2.05, 4.69) is 25.7 Å². The van der Waals surface area contributed by atoms with E-state index in [0.29, 0.717) is 18.4 Å². The van der Waals surface area contributed by atoms with Gasteiger partial charge in [-0.1, -0.05) is 24.3 Å². The maximum Gasteiger partial charge on any atom is 0.387 e. The molecule has 10 heteroatoms. The zero-order valence-electron chi connectivity index (χ0n) is 19.8. The quantitative estimate of drug-likeness (QED) is 0.413. The van der Waals surface area contributed by atoms with Crippen molar-refractivity contribution in [3.63, 3.8) is 0 Å². The summed E-state index contributed by atoms with van der Waals surface area (Å²) in [4.78, 5) is 23.7. The van der Waals surface area contributed by atoms with Gasteiger partial charge in [-0.25, -0.2) is 9.78 Å². The van der Waals surface area contributed by atoms with Gasteiger partial charge in [-0.15, -0.1) is 0 Å². The molecular weight excluding hydrogens is 454 g/mol. The van der Waals surface area contributed by atoms with E-state index in [4.69, 9.17) is 4.98 Å². The van der Waals surface area contributed by atoms with Crippen LogP contribution in [0.2, 0.25) is 0 Å². The number of carbonyl (C=O) groups excluding carboxylic acids is 1. The standard InChI is InChI=1S/C25H30F2N6O2/c1-33(2)22-18-7-3-4-8-19(18)30-24(32-22)29-17-13-11-16(12-14-17)15-28-25(34)31-20-9-5-6-10-21(20)35-23(26)27/h3-10,16-17,23H,11-15H2,1-2H3,(H2,28,31,34)(H,29,30,32). The van der Waals surface area contributed by atoms with Gasteiger partial charge in [0, 0.05) is 32.1 Å². The summed E-state index contributed by atoms with van der Waals surface area (Å²) in [7, 11) is 3.94. The molecule has 1 fully saturated rings. The van der Waals surface area contributed by atoms with Crippen molar-refractivity contribution >= 4 is 34.4 Å². The number of alkyl halides is 2. The molecule has 8 nitrogen and oxygen atoms in total. The molecule has 1 heterocycles. The molecule has 0 radical (unpaired) electrons. The van der Waals surface area contributed by atoms with E-state index < -0.39 is 12.6 Å². The fraction of sp³-hybridized carbons (Fsp3) is 0.400. The molecule has 1 saturated carbocycles. The number of urea groups is 1. The summed E-state index contributed by atoms with van der Waals surface area (Å²) < 4.78 is 29.6. The average molecular weight is 485 g/mol. The fourth-order valence-corrected chi connectivity index (χ4v) is 4.33. The van der Waals surface area contributed by atoms with E-state index in [1.807, 2.05) is 43.3 Å². The van der Waals surface area contributed by atoms with Crippen LogP contribution in [0.3, 0.4) is 0 Å². The predicted octanol–water partition coefficient (Wildman–Crippen LogP) is 5.09. The van der Waals surface area contributed by atoms with Crippen molar-refractivity contribution < 1.29 is 18.3 Å². The Hall–Kier alpha value is -3.69. The number of hydrogen-bond donors (Lipinski definition) is 3. The minimum absolute atomic E-state index is 0.0717. The van der Waals surface area contributed by atoms with Crippen molar-refractivity contribution in [2.45, 2.75) is 38.3 Å². The highest BCUT2D eigenvalue weighted by Crippen LogP contribution is 2.29.